The molecule has 1 aromatic carbocycles. The van der Waals surface area contributed by atoms with E-state index in [1.165, 1.54) is 0 Å². The fraction of sp³-hybridized carbons (Fsp3) is 0.870. The fourth-order valence-electron chi connectivity index (χ4n) is 4.99. The third-order valence-corrected chi connectivity index (χ3v) is 8.39. The van der Waals surface area contributed by atoms with E-state index in [-0.39, 0.29) is 13.2 Å². The summed E-state index contributed by atoms with van der Waals surface area (Å²) in [5, 5.41) is 18.7. The third-order valence-electron chi connectivity index (χ3n) is 8.39. The lowest BCUT2D eigenvalue weighted by Gasteiger charge is -2.11. The van der Waals surface area contributed by atoms with Crippen molar-refractivity contribution in [2.24, 2.45) is 0 Å². The normalized spacial score (nSPS) is 12.1. The number of hydrogen-bond acceptors (Lipinski definition) is 21. The molecule has 396 valence electrons. The van der Waals surface area contributed by atoms with Gasteiger partial charge in [0.2, 0.25) is 0 Å². The van der Waals surface area contributed by atoms with E-state index in [2.05, 4.69) is 0 Å². The summed E-state index contributed by atoms with van der Waals surface area (Å²) in [6.45, 7) is 18.0. The molecular formula is C46H86O21. The third kappa shape index (κ3) is 52.0. The van der Waals surface area contributed by atoms with Gasteiger partial charge in [-0.2, -0.15) is 0 Å². The van der Waals surface area contributed by atoms with Crippen LogP contribution < -0.4 is 0 Å². The molecule has 0 bridgehead atoms. The van der Waals surface area contributed by atoms with Gasteiger partial charge < -0.3 is 100 Å². The molecule has 0 saturated heterocycles. The van der Waals surface area contributed by atoms with Crippen LogP contribution in [0.15, 0.2) is 30.3 Å². The van der Waals surface area contributed by atoms with Crippen molar-refractivity contribution in [3.05, 3.63) is 35.9 Å². The average Bonchev–Trinajstić information content (AvgIpc) is 3.35. The predicted octanol–water partition coefficient (Wildman–Crippen LogP) is 1.03. The second kappa shape index (κ2) is 57.0. The van der Waals surface area contributed by atoms with Gasteiger partial charge in [-0.15, -0.1) is 0 Å². The Labute approximate surface area is 399 Å². The molecule has 0 radical (unpaired) electrons. The van der Waals surface area contributed by atoms with Crippen LogP contribution in [0.1, 0.15) is 11.7 Å². The SMILES string of the molecule is OCCOCCOCCOCCOCCOCCOCCOCCOCCOCCOCCOCCOCCOCCOCCOCCOCCOCCOCCOCC(O)c1ccccc1. The van der Waals surface area contributed by atoms with Crippen LogP contribution in [0.4, 0.5) is 0 Å². The Morgan fingerprint density at radius 1 is 0.239 bits per heavy atom. The second-order valence-electron chi connectivity index (χ2n) is 13.7. The zero-order valence-electron chi connectivity index (χ0n) is 40.2. The summed E-state index contributed by atoms with van der Waals surface area (Å²) in [7, 11) is 0. The van der Waals surface area contributed by atoms with Crippen molar-refractivity contribution < 1.29 is 100 Å². The van der Waals surface area contributed by atoms with Gasteiger partial charge in [-0.1, -0.05) is 30.3 Å². The van der Waals surface area contributed by atoms with Gasteiger partial charge in [0.15, 0.2) is 0 Å². The molecule has 1 aromatic rings. The van der Waals surface area contributed by atoms with Crippen LogP contribution in [0, 0.1) is 0 Å². The molecule has 0 aliphatic rings. The van der Waals surface area contributed by atoms with E-state index < -0.39 is 6.10 Å². The van der Waals surface area contributed by atoms with E-state index in [1.54, 1.807) is 0 Å². The van der Waals surface area contributed by atoms with Gasteiger partial charge >= 0.3 is 0 Å². The maximum Gasteiger partial charge on any atom is 0.102 e. The Morgan fingerprint density at radius 2 is 0.403 bits per heavy atom. The van der Waals surface area contributed by atoms with Crippen LogP contribution in [0.25, 0.3) is 0 Å². The summed E-state index contributed by atoms with van der Waals surface area (Å²) >= 11 is 0. The van der Waals surface area contributed by atoms with Gasteiger partial charge in [-0.05, 0) is 5.56 Å². The van der Waals surface area contributed by atoms with Crippen LogP contribution in [-0.4, -0.2) is 268 Å². The Balaban J connectivity index is 1.60. The lowest BCUT2D eigenvalue weighted by Crippen LogP contribution is -2.16. The molecule has 0 aliphatic heterocycles. The molecular weight excluding hydrogens is 888 g/mol. The molecule has 0 amide bonds. The Morgan fingerprint density at radius 3 is 0.582 bits per heavy atom. The number of aliphatic hydroxyl groups excluding tert-OH is 2. The van der Waals surface area contributed by atoms with Crippen molar-refractivity contribution in [1.82, 2.24) is 0 Å². The molecule has 1 atom stereocenters. The quantitative estimate of drug-likeness (QED) is 0.0872. The molecule has 21 nitrogen and oxygen atoms in total. The number of rotatable bonds is 59. The lowest BCUT2D eigenvalue weighted by atomic mass is 10.1. The van der Waals surface area contributed by atoms with E-state index in [4.69, 9.17) is 95.1 Å². The molecule has 67 heavy (non-hydrogen) atoms. The molecule has 0 fully saturated rings. The summed E-state index contributed by atoms with van der Waals surface area (Å²) in [4.78, 5) is 0. The Kier molecular flexibility index (Phi) is 53.9. The van der Waals surface area contributed by atoms with E-state index in [1.807, 2.05) is 30.3 Å². The number of hydrogen-bond donors (Lipinski definition) is 2. The molecule has 2 N–H and O–H groups in total. The first-order valence-electron chi connectivity index (χ1n) is 23.7. The molecule has 0 spiro atoms. The molecule has 0 aliphatic carbocycles. The van der Waals surface area contributed by atoms with Gasteiger partial charge in [0.25, 0.3) is 0 Å². The molecule has 21 heteroatoms. The van der Waals surface area contributed by atoms with E-state index >= 15 is 0 Å². The first-order valence-corrected chi connectivity index (χ1v) is 23.7. The zero-order valence-corrected chi connectivity index (χ0v) is 40.2. The van der Waals surface area contributed by atoms with Crippen molar-refractivity contribution in [2.45, 2.75) is 6.10 Å². The second-order valence-corrected chi connectivity index (χ2v) is 13.7. The highest BCUT2D eigenvalue weighted by Crippen LogP contribution is 2.11. The minimum Gasteiger partial charge on any atom is -0.394 e. The van der Waals surface area contributed by atoms with Gasteiger partial charge in [0.05, 0.1) is 258 Å². The standard InChI is InChI=1S/C46H86O21/c47-6-7-49-8-9-50-10-11-51-12-13-52-14-15-53-16-17-54-18-19-55-20-21-56-22-23-57-24-25-58-26-27-59-28-29-60-30-31-61-32-33-62-34-35-63-36-37-64-38-39-65-40-41-66-42-43-67-44-46(48)45-4-2-1-3-5-45/h1-5,46-48H,6-44H2. The van der Waals surface area contributed by atoms with Crippen molar-refractivity contribution >= 4 is 0 Å². The molecule has 1 unspecified atom stereocenters. The maximum absolute atomic E-state index is 10.0. The summed E-state index contributed by atoms with van der Waals surface area (Å²) in [6, 6.07) is 9.43. The highest BCUT2D eigenvalue weighted by Gasteiger charge is 2.06. The van der Waals surface area contributed by atoms with Crippen LogP contribution in [-0.2, 0) is 90.0 Å². The van der Waals surface area contributed by atoms with Crippen LogP contribution in [0.5, 0.6) is 0 Å². The largest absolute Gasteiger partial charge is 0.394 e. The Hall–Kier alpha value is -1.62. The predicted molar refractivity (Wildman–Crippen MR) is 244 cm³/mol. The highest BCUT2D eigenvalue weighted by molar-refractivity contribution is 5.17. The monoisotopic (exact) mass is 975 g/mol. The minimum atomic E-state index is -0.635. The minimum absolute atomic E-state index is 0.0189. The van der Waals surface area contributed by atoms with Crippen molar-refractivity contribution in [2.75, 3.05) is 258 Å². The van der Waals surface area contributed by atoms with Crippen molar-refractivity contribution in [3.8, 4) is 0 Å². The number of benzene rings is 1. The van der Waals surface area contributed by atoms with Crippen LogP contribution in [0.3, 0.4) is 0 Å². The van der Waals surface area contributed by atoms with E-state index in [9.17, 15) is 5.11 Å². The molecule has 0 saturated carbocycles. The highest BCUT2D eigenvalue weighted by atomic mass is 16.6. The van der Waals surface area contributed by atoms with Crippen LogP contribution >= 0.6 is 0 Å². The summed E-state index contributed by atoms with van der Waals surface area (Å²) < 4.78 is 104. The number of aliphatic hydroxyl groups is 2. The van der Waals surface area contributed by atoms with Gasteiger partial charge in [-0.25, -0.2) is 0 Å². The lowest BCUT2D eigenvalue weighted by molar-refractivity contribution is -0.0318. The van der Waals surface area contributed by atoms with E-state index in [0.29, 0.717) is 244 Å². The summed E-state index contributed by atoms with van der Waals surface area (Å²) in [5.74, 6) is 0. The first kappa shape index (κ1) is 63.4. The Bertz CT molecular complexity index is 1040. The van der Waals surface area contributed by atoms with Gasteiger partial charge in [0.1, 0.15) is 6.10 Å². The van der Waals surface area contributed by atoms with E-state index in [0.717, 1.165) is 5.56 Å². The fourth-order valence-corrected chi connectivity index (χ4v) is 4.99. The van der Waals surface area contributed by atoms with Crippen LogP contribution in [0.2, 0.25) is 0 Å². The maximum atomic E-state index is 10.0. The number of ether oxygens (including phenoxy) is 19. The van der Waals surface area contributed by atoms with Crippen molar-refractivity contribution in [1.29, 1.82) is 0 Å². The molecule has 0 heterocycles. The smallest absolute Gasteiger partial charge is 0.102 e. The first-order chi connectivity index (χ1) is 33.3. The molecule has 1 rings (SSSR count). The average molecular weight is 975 g/mol. The van der Waals surface area contributed by atoms with Crippen molar-refractivity contribution in [3.63, 3.8) is 0 Å². The summed E-state index contributed by atoms with van der Waals surface area (Å²) in [6.07, 6.45) is -0.635. The zero-order chi connectivity index (χ0) is 47.7. The topological polar surface area (TPSA) is 216 Å². The van der Waals surface area contributed by atoms with Gasteiger partial charge in [-0.3, -0.25) is 0 Å². The molecule has 0 aromatic heterocycles. The van der Waals surface area contributed by atoms with Gasteiger partial charge in [0, 0.05) is 0 Å². The summed E-state index contributed by atoms with van der Waals surface area (Å²) in [5.41, 5.74) is 0.837.